The van der Waals surface area contributed by atoms with E-state index in [-0.39, 0.29) is 16.2 Å². The molecular formula is C21H27N3O5S. The van der Waals surface area contributed by atoms with Crippen molar-refractivity contribution in [2.24, 2.45) is 11.3 Å². The number of hydroxylamine groups is 1. The zero-order valence-electron chi connectivity index (χ0n) is 16.9. The van der Waals surface area contributed by atoms with Gasteiger partial charge in [0, 0.05) is 25.9 Å². The summed E-state index contributed by atoms with van der Waals surface area (Å²) in [6.07, 6.45) is 6.41. The van der Waals surface area contributed by atoms with Gasteiger partial charge in [0.25, 0.3) is 0 Å². The van der Waals surface area contributed by atoms with Crippen molar-refractivity contribution in [3.05, 3.63) is 35.9 Å². The van der Waals surface area contributed by atoms with Gasteiger partial charge in [-0.2, -0.15) is 0 Å². The molecular weight excluding hydrogens is 406 g/mol. The molecule has 0 unspecified atom stereocenters. The Morgan fingerprint density at radius 2 is 2.07 bits per heavy atom. The number of carbonyl (C=O) groups is 2. The van der Waals surface area contributed by atoms with Gasteiger partial charge < -0.3 is 10.2 Å². The summed E-state index contributed by atoms with van der Waals surface area (Å²) in [6, 6.07) is 6.19. The molecule has 1 spiro atoms. The van der Waals surface area contributed by atoms with Crippen LogP contribution in [0.4, 0.5) is 0 Å². The van der Waals surface area contributed by atoms with Gasteiger partial charge in [-0.1, -0.05) is 18.2 Å². The van der Waals surface area contributed by atoms with Crippen LogP contribution in [-0.4, -0.2) is 62.3 Å². The lowest BCUT2D eigenvalue weighted by Gasteiger charge is -2.38. The molecule has 162 valence electrons. The van der Waals surface area contributed by atoms with Crippen LogP contribution >= 0.6 is 0 Å². The fourth-order valence-corrected chi connectivity index (χ4v) is 5.19. The summed E-state index contributed by atoms with van der Waals surface area (Å²) in [4.78, 5) is 27.3. The number of rotatable bonds is 4. The normalized spacial score (nSPS) is 25.5. The smallest absolute Gasteiger partial charge is 0.248 e. The molecule has 2 aliphatic heterocycles. The van der Waals surface area contributed by atoms with Crippen LogP contribution in [-0.2, 0) is 19.4 Å². The van der Waals surface area contributed by atoms with Gasteiger partial charge in [0.15, 0.2) is 9.84 Å². The predicted molar refractivity (Wildman–Crippen MR) is 110 cm³/mol. The van der Waals surface area contributed by atoms with Crippen LogP contribution < -0.4 is 10.8 Å². The Labute approximate surface area is 176 Å². The lowest BCUT2D eigenvalue weighted by atomic mass is 9.81. The predicted octanol–water partition coefficient (Wildman–Crippen LogP) is 0.970. The molecule has 1 saturated carbocycles. The van der Waals surface area contributed by atoms with Crippen LogP contribution in [0, 0.1) is 11.3 Å². The number of benzene rings is 1. The maximum absolute atomic E-state index is 13.1. The number of amides is 2. The van der Waals surface area contributed by atoms with Gasteiger partial charge in [0.2, 0.25) is 11.8 Å². The van der Waals surface area contributed by atoms with Gasteiger partial charge in [0.05, 0.1) is 16.9 Å². The fourth-order valence-electron chi connectivity index (χ4n) is 4.52. The number of hydrogen-bond acceptors (Lipinski definition) is 6. The summed E-state index contributed by atoms with van der Waals surface area (Å²) >= 11 is 0. The fraction of sp³-hybridized carbons (Fsp3) is 0.524. The second-order valence-electron chi connectivity index (χ2n) is 8.71. The second-order valence-corrected chi connectivity index (χ2v) is 10.7. The highest BCUT2D eigenvalue weighted by molar-refractivity contribution is 7.90. The van der Waals surface area contributed by atoms with Crippen molar-refractivity contribution < 1.29 is 23.2 Å². The minimum absolute atomic E-state index is 0.0908. The van der Waals surface area contributed by atoms with Crippen LogP contribution in [0.1, 0.15) is 31.2 Å². The van der Waals surface area contributed by atoms with Crippen LogP contribution in [0.2, 0.25) is 0 Å². The average Bonchev–Trinajstić information content (AvgIpc) is 3.50. The summed E-state index contributed by atoms with van der Waals surface area (Å²) in [7, 11) is -3.28. The zero-order valence-corrected chi connectivity index (χ0v) is 17.7. The average molecular weight is 434 g/mol. The Morgan fingerprint density at radius 1 is 1.30 bits per heavy atom. The van der Waals surface area contributed by atoms with E-state index in [0.717, 1.165) is 24.0 Å². The standard InChI is InChI=1S/C21H27N3O5S/c1-30(28,29)16-4-2-3-15(11-16)14-5-9-24(10-6-14)20(26)18-17(19(25)23-27)12-21(7-8-21)13-22-18/h2-5,11,17-18,22,27H,6-10,12-13H2,1H3,(H,23,25)/t17-,18-/m0/s1. The van der Waals surface area contributed by atoms with E-state index < -0.39 is 27.7 Å². The SMILES string of the molecule is CS(=O)(=O)c1cccc(C2=CCN(C(=O)[C@H]3NCC4(CC4)C[C@@H]3C(=O)NO)CC2)c1. The molecule has 1 saturated heterocycles. The molecule has 2 atom stereocenters. The van der Waals surface area contributed by atoms with Gasteiger partial charge in [-0.05, 0) is 54.4 Å². The topological polar surface area (TPSA) is 116 Å². The van der Waals surface area contributed by atoms with Crippen LogP contribution in [0.3, 0.4) is 0 Å². The summed E-state index contributed by atoms with van der Waals surface area (Å²) in [6.45, 7) is 1.60. The minimum atomic E-state index is -3.28. The van der Waals surface area contributed by atoms with E-state index in [1.807, 2.05) is 12.1 Å². The van der Waals surface area contributed by atoms with Gasteiger partial charge in [-0.3, -0.25) is 14.8 Å². The van der Waals surface area contributed by atoms with E-state index in [0.29, 0.717) is 32.5 Å². The first-order valence-electron chi connectivity index (χ1n) is 10.2. The van der Waals surface area contributed by atoms with Crippen molar-refractivity contribution >= 4 is 27.2 Å². The molecule has 0 bridgehead atoms. The Kier molecular flexibility index (Phi) is 5.46. The highest BCUT2D eigenvalue weighted by Gasteiger charge is 2.52. The molecule has 30 heavy (non-hydrogen) atoms. The molecule has 2 heterocycles. The van der Waals surface area contributed by atoms with E-state index in [2.05, 4.69) is 5.32 Å². The molecule has 9 heteroatoms. The Morgan fingerprint density at radius 3 is 2.67 bits per heavy atom. The van der Waals surface area contributed by atoms with Crippen molar-refractivity contribution in [1.82, 2.24) is 15.7 Å². The van der Waals surface area contributed by atoms with Crippen molar-refractivity contribution in [2.75, 3.05) is 25.9 Å². The third-order valence-corrected chi connectivity index (χ3v) is 7.69. The molecule has 4 rings (SSSR count). The Balaban J connectivity index is 1.47. The first kappa shape index (κ1) is 21.0. The Bertz CT molecular complexity index is 1000. The molecule has 1 aliphatic carbocycles. The minimum Gasteiger partial charge on any atom is -0.337 e. The summed E-state index contributed by atoms with van der Waals surface area (Å²) in [5.41, 5.74) is 3.66. The zero-order chi connectivity index (χ0) is 21.5. The monoisotopic (exact) mass is 433 g/mol. The number of hydrogen-bond donors (Lipinski definition) is 3. The van der Waals surface area contributed by atoms with Gasteiger partial charge in [0.1, 0.15) is 0 Å². The van der Waals surface area contributed by atoms with Crippen LogP contribution in [0.5, 0.6) is 0 Å². The largest absolute Gasteiger partial charge is 0.337 e. The molecule has 0 radical (unpaired) electrons. The van der Waals surface area contributed by atoms with E-state index in [1.54, 1.807) is 28.6 Å². The van der Waals surface area contributed by atoms with E-state index >= 15 is 0 Å². The molecule has 8 nitrogen and oxygen atoms in total. The van der Waals surface area contributed by atoms with Crippen molar-refractivity contribution in [3.63, 3.8) is 0 Å². The highest BCUT2D eigenvalue weighted by atomic mass is 32.2. The Hall–Kier alpha value is -2.23. The third kappa shape index (κ3) is 4.14. The number of piperidine rings is 1. The number of nitrogens with zero attached hydrogens (tertiary/aromatic N) is 1. The van der Waals surface area contributed by atoms with Gasteiger partial charge in [-0.25, -0.2) is 13.9 Å². The molecule has 2 fully saturated rings. The van der Waals surface area contributed by atoms with Crippen molar-refractivity contribution in [2.45, 2.75) is 36.6 Å². The van der Waals surface area contributed by atoms with Crippen molar-refractivity contribution in [3.8, 4) is 0 Å². The quantitative estimate of drug-likeness (QED) is 0.481. The second kappa shape index (κ2) is 7.79. The third-order valence-electron chi connectivity index (χ3n) is 6.58. The summed E-state index contributed by atoms with van der Waals surface area (Å²) in [5.74, 6) is -1.24. The van der Waals surface area contributed by atoms with Crippen LogP contribution in [0.15, 0.2) is 35.2 Å². The number of nitrogens with one attached hydrogen (secondary N) is 2. The molecule has 3 N–H and O–H groups in total. The van der Waals surface area contributed by atoms with Gasteiger partial charge in [-0.15, -0.1) is 0 Å². The van der Waals surface area contributed by atoms with E-state index in [4.69, 9.17) is 5.21 Å². The maximum Gasteiger partial charge on any atom is 0.248 e. The lowest BCUT2D eigenvalue weighted by Crippen LogP contribution is -2.59. The molecule has 2 amide bonds. The molecule has 1 aromatic carbocycles. The maximum atomic E-state index is 13.1. The summed E-state index contributed by atoms with van der Waals surface area (Å²) in [5, 5.41) is 12.4. The van der Waals surface area contributed by atoms with Crippen LogP contribution in [0.25, 0.3) is 5.57 Å². The van der Waals surface area contributed by atoms with E-state index in [1.165, 1.54) is 6.26 Å². The molecule has 0 aromatic heterocycles. The van der Waals surface area contributed by atoms with Gasteiger partial charge >= 0.3 is 0 Å². The summed E-state index contributed by atoms with van der Waals surface area (Å²) < 4.78 is 23.6. The highest BCUT2D eigenvalue weighted by Crippen LogP contribution is 2.52. The first-order chi connectivity index (χ1) is 14.2. The number of sulfone groups is 1. The number of carbonyl (C=O) groups excluding carboxylic acids is 2. The lowest BCUT2D eigenvalue weighted by molar-refractivity contribution is -0.144. The van der Waals surface area contributed by atoms with Crippen molar-refractivity contribution in [1.29, 1.82) is 0 Å². The first-order valence-corrected chi connectivity index (χ1v) is 12.1. The molecule has 3 aliphatic rings. The van der Waals surface area contributed by atoms with E-state index in [9.17, 15) is 18.0 Å². The molecule has 1 aromatic rings.